The first-order chi connectivity index (χ1) is 8.99. The van der Waals surface area contributed by atoms with E-state index in [2.05, 4.69) is 5.32 Å². The molecule has 3 nitrogen and oxygen atoms in total. The highest BCUT2D eigenvalue weighted by atomic mass is 19.1. The largest absolute Gasteiger partial charge is 0.465 e. The van der Waals surface area contributed by atoms with Gasteiger partial charge in [-0.05, 0) is 50.5 Å². The van der Waals surface area contributed by atoms with E-state index in [-0.39, 0.29) is 17.8 Å². The minimum absolute atomic E-state index is 0.150. The molecule has 0 saturated carbocycles. The van der Waals surface area contributed by atoms with E-state index in [9.17, 15) is 9.18 Å². The standard InChI is InChI=1S/C15H22FNO2/c1-5-11(4)17-14(15(18)19-6-2)13-9-12(16)8-7-10(13)3/h7-9,11,14,17H,5-6H2,1-4H3. The molecule has 1 aromatic carbocycles. The van der Waals surface area contributed by atoms with Crippen molar-refractivity contribution in [1.29, 1.82) is 0 Å². The zero-order valence-electron chi connectivity index (χ0n) is 12.0. The summed E-state index contributed by atoms with van der Waals surface area (Å²) in [6.07, 6.45) is 0.879. The molecule has 106 valence electrons. The molecule has 0 heterocycles. The van der Waals surface area contributed by atoms with E-state index < -0.39 is 6.04 Å². The number of halogens is 1. The minimum Gasteiger partial charge on any atom is -0.465 e. The van der Waals surface area contributed by atoms with Gasteiger partial charge in [0.05, 0.1) is 6.61 Å². The Morgan fingerprint density at radius 1 is 1.42 bits per heavy atom. The molecule has 4 heteroatoms. The van der Waals surface area contributed by atoms with Gasteiger partial charge in [0.25, 0.3) is 0 Å². The van der Waals surface area contributed by atoms with Crippen LogP contribution in [0.3, 0.4) is 0 Å². The third kappa shape index (κ3) is 4.31. The normalized spacial score (nSPS) is 13.9. The summed E-state index contributed by atoms with van der Waals surface area (Å²) in [6, 6.07) is 3.99. The summed E-state index contributed by atoms with van der Waals surface area (Å²) in [4.78, 5) is 12.1. The van der Waals surface area contributed by atoms with Crippen LogP contribution in [-0.4, -0.2) is 18.6 Å². The Labute approximate surface area is 114 Å². The zero-order valence-corrected chi connectivity index (χ0v) is 12.0. The maximum absolute atomic E-state index is 13.4. The van der Waals surface area contributed by atoms with Crippen molar-refractivity contribution >= 4 is 5.97 Å². The molecule has 0 aliphatic rings. The summed E-state index contributed by atoms with van der Waals surface area (Å²) < 4.78 is 18.5. The summed E-state index contributed by atoms with van der Waals surface area (Å²) in [5.41, 5.74) is 1.51. The second-order valence-corrected chi connectivity index (χ2v) is 4.66. The molecule has 1 aromatic rings. The van der Waals surface area contributed by atoms with Crippen LogP contribution in [0.25, 0.3) is 0 Å². The molecule has 19 heavy (non-hydrogen) atoms. The van der Waals surface area contributed by atoms with E-state index >= 15 is 0 Å². The van der Waals surface area contributed by atoms with Crippen molar-refractivity contribution in [3.05, 3.63) is 35.1 Å². The molecule has 0 radical (unpaired) electrons. The van der Waals surface area contributed by atoms with E-state index in [1.54, 1.807) is 13.0 Å². The van der Waals surface area contributed by atoms with Crippen LogP contribution in [0.5, 0.6) is 0 Å². The Bertz CT molecular complexity index is 434. The second-order valence-electron chi connectivity index (χ2n) is 4.66. The molecule has 0 spiro atoms. The third-order valence-corrected chi connectivity index (χ3v) is 3.14. The number of aryl methyl sites for hydroxylation is 1. The molecule has 0 saturated heterocycles. The summed E-state index contributed by atoms with van der Waals surface area (Å²) in [5, 5.41) is 3.19. The van der Waals surface area contributed by atoms with Crippen molar-refractivity contribution in [2.24, 2.45) is 0 Å². The van der Waals surface area contributed by atoms with E-state index in [0.29, 0.717) is 12.2 Å². The number of ether oxygens (including phenoxy) is 1. The predicted octanol–water partition coefficient (Wildman–Crippen LogP) is 3.13. The van der Waals surface area contributed by atoms with E-state index in [1.807, 2.05) is 20.8 Å². The van der Waals surface area contributed by atoms with Gasteiger partial charge in [0.1, 0.15) is 11.9 Å². The van der Waals surface area contributed by atoms with Gasteiger partial charge >= 0.3 is 5.97 Å². The second kappa shape index (κ2) is 7.24. The topological polar surface area (TPSA) is 38.3 Å². The van der Waals surface area contributed by atoms with Crippen molar-refractivity contribution in [3.63, 3.8) is 0 Å². The van der Waals surface area contributed by atoms with Crippen LogP contribution in [0.4, 0.5) is 4.39 Å². The number of esters is 1. The Kier molecular flexibility index (Phi) is 5.96. The highest BCUT2D eigenvalue weighted by Gasteiger charge is 2.25. The van der Waals surface area contributed by atoms with Crippen molar-refractivity contribution < 1.29 is 13.9 Å². The van der Waals surface area contributed by atoms with Crippen LogP contribution >= 0.6 is 0 Å². The van der Waals surface area contributed by atoms with Gasteiger partial charge in [-0.3, -0.25) is 5.32 Å². The van der Waals surface area contributed by atoms with Gasteiger partial charge in [-0.25, -0.2) is 9.18 Å². The van der Waals surface area contributed by atoms with Crippen LogP contribution in [0.15, 0.2) is 18.2 Å². The molecular weight excluding hydrogens is 245 g/mol. The summed E-state index contributed by atoms with van der Waals surface area (Å²) in [5.74, 6) is -0.711. The molecule has 1 rings (SSSR count). The quantitative estimate of drug-likeness (QED) is 0.805. The maximum atomic E-state index is 13.4. The fourth-order valence-electron chi connectivity index (χ4n) is 1.84. The lowest BCUT2D eigenvalue weighted by molar-refractivity contribution is -0.146. The number of hydrogen-bond acceptors (Lipinski definition) is 3. The van der Waals surface area contributed by atoms with Crippen LogP contribution in [0, 0.1) is 12.7 Å². The first-order valence-corrected chi connectivity index (χ1v) is 6.68. The highest BCUT2D eigenvalue weighted by molar-refractivity contribution is 5.78. The zero-order chi connectivity index (χ0) is 14.4. The Morgan fingerprint density at radius 2 is 2.11 bits per heavy atom. The number of hydrogen-bond donors (Lipinski definition) is 1. The predicted molar refractivity (Wildman–Crippen MR) is 73.4 cm³/mol. The number of rotatable bonds is 6. The minimum atomic E-state index is -0.620. The van der Waals surface area contributed by atoms with Gasteiger partial charge < -0.3 is 4.74 Å². The van der Waals surface area contributed by atoms with Gasteiger partial charge in [-0.1, -0.05) is 13.0 Å². The van der Waals surface area contributed by atoms with Gasteiger partial charge in [0.2, 0.25) is 0 Å². The first-order valence-electron chi connectivity index (χ1n) is 6.68. The average molecular weight is 267 g/mol. The van der Waals surface area contributed by atoms with Crippen LogP contribution in [0.2, 0.25) is 0 Å². The van der Waals surface area contributed by atoms with E-state index in [0.717, 1.165) is 12.0 Å². The molecular formula is C15H22FNO2. The van der Waals surface area contributed by atoms with Crippen LogP contribution in [0.1, 0.15) is 44.4 Å². The number of carbonyl (C=O) groups is 1. The Balaban J connectivity index is 3.07. The van der Waals surface area contributed by atoms with Crippen molar-refractivity contribution in [2.75, 3.05) is 6.61 Å². The average Bonchev–Trinajstić information content (AvgIpc) is 2.39. The maximum Gasteiger partial charge on any atom is 0.327 e. The molecule has 1 N–H and O–H groups in total. The fourth-order valence-corrected chi connectivity index (χ4v) is 1.84. The summed E-state index contributed by atoms with van der Waals surface area (Å²) in [7, 11) is 0. The highest BCUT2D eigenvalue weighted by Crippen LogP contribution is 2.21. The van der Waals surface area contributed by atoms with Gasteiger partial charge in [-0.2, -0.15) is 0 Å². The fraction of sp³-hybridized carbons (Fsp3) is 0.533. The molecule has 0 bridgehead atoms. The lowest BCUT2D eigenvalue weighted by Gasteiger charge is -2.23. The SMILES string of the molecule is CCOC(=O)C(NC(C)CC)c1cc(F)ccc1C. The molecule has 0 fully saturated rings. The van der Waals surface area contributed by atoms with E-state index in [1.165, 1.54) is 12.1 Å². The van der Waals surface area contributed by atoms with Crippen molar-refractivity contribution in [3.8, 4) is 0 Å². The van der Waals surface area contributed by atoms with Crippen molar-refractivity contribution in [2.45, 2.75) is 46.2 Å². The van der Waals surface area contributed by atoms with Crippen LogP contribution < -0.4 is 5.32 Å². The number of carbonyl (C=O) groups excluding carboxylic acids is 1. The molecule has 0 aromatic heterocycles. The molecule has 0 aliphatic heterocycles. The monoisotopic (exact) mass is 267 g/mol. The molecule has 0 aliphatic carbocycles. The first kappa shape index (κ1) is 15.6. The summed E-state index contributed by atoms with van der Waals surface area (Å²) in [6.45, 7) is 7.95. The Hall–Kier alpha value is -1.42. The van der Waals surface area contributed by atoms with E-state index in [4.69, 9.17) is 4.74 Å². The lowest BCUT2D eigenvalue weighted by Crippen LogP contribution is -2.36. The molecule has 0 amide bonds. The van der Waals surface area contributed by atoms with Crippen LogP contribution in [-0.2, 0) is 9.53 Å². The number of benzene rings is 1. The molecule has 2 unspecified atom stereocenters. The summed E-state index contributed by atoms with van der Waals surface area (Å²) >= 11 is 0. The van der Waals surface area contributed by atoms with Gasteiger partial charge in [-0.15, -0.1) is 0 Å². The molecule has 2 atom stereocenters. The smallest absolute Gasteiger partial charge is 0.327 e. The number of nitrogens with one attached hydrogen (secondary N) is 1. The Morgan fingerprint density at radius 3 is 2.68 bits per heavy atom. The van der Waals surface area contributed by atoms with Gasteiger partial charge in [0, 0.05) is 6.04 Å². The van der Waals surface area contributed by atoms with Crippen molar-refractivity contribution in [1.82, 2.24) is 5.32 Å². The lowest BCUT2D eigenvalue weighted by atomic mass is 10.00. The van der Waals surface area contributed by atoms with Gasteiger partial charge in [0.15, 0.2) is 0 Å². The third-order valence-electron chi connectivity index (χ3n) is 3.14.